The fourth-order valence-corrected chi connectivity index (χ4v) is 3.75. The van der Waals surface area contributed by atoms with Gasteiger partial charge in [-0.25, -0.2) is 0 Å². The second-order valence-corrected chi connectivity index (χ2v) is 5.86. The molecule has 1 saturated carbocycles. The van der Waals surface area contributed by atoms with E-state index in [1.165, 1.54) is 38.5 Å². The number of nitrogens with one attached hydrogen (secondary N) is 1. The summed E-state index contributed by atoms with van der Waals surface area (Å²) in [6.07, 6.45) is 8.02. The second-order valence-electron chi connectivity index (χ2n) is 4.35. The molecule has 1 saturated heterocycles. The molecule has 0 radical (unpaired) electrons. The minimum Gasteiger partial charge on any atom is -0.295 e. The monoisotopic (exact) mass is 227 g/mol. The Hall–Kier alpha value is -0.510. The van der Waals surface area contributed by atoms with Crippen molar-refractivity contribution in [2.75, 3.05) is 0 Å². The van der Waals surface area contributed by atoms with Crippen LogP contribution in [0.25, 0.3) is 0 Å². The maximum Gasteiger partial charge on any atom is 0.240 e. The van der Waals surface area contributed by atoms with Crippen LogP contribution in [0.5, 0.6) is 0 Å². The summed E-state index contributed by atoms with van der Waals surface area (Å²) in [6.45, 7) is 0. The van der Waals surface area contributed by atoms with Crippen LogP contribution in [0.2, 0.25) is 0 Å². The summed E-state index contributed by atoms with van der Waals surface area (Å²) in [5, 5.41) is 2.85. The van der Waals surface area contributed by atoms with Crippen molar-refractivity contribution < 1.29 is 9.59 Å². The third-order valence-corrected chi connectivity index (χ3v) is 4.65. The quantitative estimate of drug-likeness (QED) is 0.578. The molecule has 1 aliphatic heterocycles. The van der Waals surface area contributed by atoms with Crippen molar-refractivity contribution in [3.63, 3.8) is 0 Å². The summed E-state index contributed by atoms with van der Waals surface area (Å²) in [4.78, 5) is 22.4. The zero-order valence-corrected chi connectivity index (χ0v) is 9.65. The van der Waals surface area contributed by atoms with Crippen LogP contribution in [0.1, 0.15) is 44.9 Å². The molecule has 0 aromatic heterocycles. The van der Waals surface area contributed by atoms with E-state index in [1.54, 1.807) is 11.8 Å². The average molecular weight is 227 g/mol. The predicted octanol–water partition coefficient (Wildman–Crippen LogP) is 1.86. The molecule has 1 atom stereocenters. The minimum absolute atomic E-state index is 0.0748. The average Bonchev–Trinajstić information content (AvgIpc) is 2.44. The van der Waals surface area contributed by atoms with Gasteiger partial charge in [0.05, 0.1) is 5.25 Å². The first-order valence-electron chi connectivity index (χ1n) is 5.75. The molecular weight excluding hydrogens is 210 g/mol. The minimum atomic E-state index is -0.111. The van der Waals surface area contributed by atoms with E-state index >= 15 is 0 Å². The van der Waals surface area contributed by atoms with Crippen molar-refractivity contribution in [1.29, 1.82) is 0 Å². The predicted molar refractivity (Wildman–Crippen MR) is 60.6 cm³/mol. The zero-order chi connectivity index (χ0) is 10.7. The molecule has 0 bridgehead atoms. The Morgan fingerprint density at radius 2 is 1.73 bits per heavy atom. The van der Waals surface area contributed by atoms with Crippen LogP contribution in [0.4, 0.5) is 0 Å². The Balaban J connectivity index is 1.84. The van der Waals surface area contributed by atoms with Crippen molar-refractivity contribution in [3.8, 4) is 0 Å². The van der Waals surface area contributed by atoms with Gasteiger partial charge in [-0.3, -0.25) is 14.9 Å². The summed E-state index contributed by atoms with van der Waals surface area (Å²) in [7, 11) is 0. The first-order valence-corrected chi connectivity index (χ1v) is 6.69. The van der Waals surface area contributed by atoms with E-state index in [1.807, 2.05) is 0 Å². The molecule has 2 amide bonds. The van der Waals surface area contributed by atoms with Gasteiger partial charge >= 0.3 is 0 Å². The van der Waals surface area contributed by atoms with Gasteiger partial charge in [0, 0.05) is 11.7 Å². The highest BCUT2D eigenvalue weighted by Crippen LogP contribution is 2.32. The molecular formula is C11H17NO2S. The SMILES string of the molecule is O=C1CC(SC2CCCCCC2)C(=O)N1. The molecule has 2 fully saturated rings. The summed E-state index contributed by atoms with van der Waals surface area (Å²) < 4.78 is 0. The lowest BCUT2D eigenvalue weighted by Gasteiger charge is -2.15. The second kappa shape index (κ2) is 5.01. The van der Waals surface area contributed by atoms with Crippen molar-refractivity contribution in [3.05, 3.63) is 0 Å². The standard InChI is InChI=1S/C11H17NO2S/c13-10-7-9(11(14)12-10)15-8-5-3-1-2-4-6-8/h8-9H,1-7H2,(H,12,13,14). The highest BCUT2D eigenvalue weighted by molar-refractivity contribution is 8.01. The molecule has 1 N–H and O–H groups in total. The maximum atomic E-state index is 11.4. The molecule has 1 aliphatic carbocycles. The molecule has 3 nitrogen and oxygen atoms in total. The van der Waals surface area contributed by atoms with Crippen LogP contribution in [-0.2, 0) is 9.59 Å². The van der Waals surface area contributed by atoms with E-state index in [4.69, 9.17) is 0 Å². The van der Waals surface area contributed by atoms with Crippen LogP contribution in [0, 0.1) is 0 Å². The smallest absolute Gasteiger partial charge is 0.240 e. The normalized spacial score (nSPS) is 28.9. The molecule has 0 aromatic rings. The number of amides is 2. The molecule has 1 heterocycles. The van der Waals surface area contributed by atoms with E-state index in [0.29, 0.717) is 11.7 Å². The van der Waals surface area contributed by atoms with Gasteiger partial charge in [0.2, 0.25) is 11.8 Å². The molecule has 0 aromatic carbocycles. The lowest BCUT2D eigenvalue weighted by Crippen LogP contribution is -2.24. The summed E-state index contributed by atoms with van der Waals surface area (Å²) >= 11 is 1.72. The first kappa shape index (κ1) is 11.0. The lowest BCUT2D eigenvalue weighted by molar-refractivity contribution is -0.124. The third-order valence-electron chi connectivity index (χ3n) is 3.08. The Morgan fingerprint density at radius 3 is 2.27 bits per heavy atom. The molecule has 2 rings (SSSR count). The Labute approximate surface area is 94.4 Å². The first-order chi connectivity index (χ1) is 7.25. The van der Waals surface area contributed by atoms with E-state index < -0.39 is 0 Å². The number of hydrogen-bond acceptors (Lipinski definition) is 3. The van der Waals surface area contributed by atoms with Crippen LogP contribution in [0.15, 0.2) is 0 Å². The fourth-order valence-electron chi connectivity index (χ4n) is 2.25. The highest BCUT2D eigenvalue weighted by atomic mass is 32.2. The van der Waals surface area contributed by atoms with Gasteiger partial charge < -0.3 is 0 Å². The van der Waals surface area contributed by atoms with Gasteiger partial charge in [0.15, 0.2) is 0 Å². The highest BCUT2D eigenvalue weighted by Gasteiger charge is 2.33. The third kappa shape index (κ3) is 2.97. The van der Waals surface area contributed by atoms with Crippen molar-refractivity contribution in [2.45, 2.75) is 55.4 Å². The largest absolute Gasteiger partial charge is 0.295 e. The van der Waals surface area contributed by atoms with Gasteiger partial charge in [0.25, 0.3) is 0 Å². The lowest BCUT2D eigenvalue weighted by atomic mass is 10.2. The Bertz CT molecular complexity index is 259. The number of imide groups is 1. The van der Waals surface area contributed by atoms with Gasteiger partial charge in [0.1, 0.15) is 0 Å². The number of carbonyl (C=O) groups excluding carboxylic acids is 2. The number of thioether (sulfide) groups is 1. The van der Waals surface area contributed by atoms with Crippen molar-refractivity contribution in [2.24, 2.45) is 0 Å². The molecule has 2 aliphatic rings. The van der Waals surface area contributed by atoms with E-state index in [0.717, 1.165) is 0 Å². The van der Waals surface area contributed by atoms with E-state index in [2.05, 4.69) is 5.32 Å². The summed E-state index contributed by atoms with van der Waals surface area (Å²) in [5.41, 5.74) is 0. The zero-order valence-electron chi connectivity index (χ0n) is 8.83. The summed E-state index contributed by atoms with van der Waals surface area (Å²) in [6, 6.07) is 0. The Kier molecular flexibility index (Phi) is 3.67. The van der Waals surface area contributed by atoms with Crippen LogP contribution in [-0.4, -0.2) is 22.3 Å². The van der Waals surface area contributed by atoms with Crippen molar-refractivity contribution in [1.82, 2.24) is 5.32 Å². The number of hydrogen-bond donors (Lipinski definition) is 1. The fraction of sp³-hybridized carbons (Fsp3) is 0.818. The Morgan fingerprint density at radius 1 is 1.07 bits per heavy atom. The maximum absolute atomic E-state index is 11.4. The topological polar surface area (TPSA) is 46.2 Å². The van der Waals surface area contributed by atoms with Gasteiger partial charge in [-0.1, -0.05) is 25.7 Å². The van der Waals surface area contributed by atoms with Crippen LogP contribution >= 0.6 is 11.8 Å². The van der Waals surface area contributed by atoms with Crippen LogP contribution < -0.4 is 5.32 Å². The van der Waals surface area contributed by atoms with E-state index in [9.17, 15) is 9.59 Å². The van der Waals surface area contributed by atoms with Crippen LogP contribution in [0.3, 0.4) is 0 Å². The van der Waals surface area contributed by atoms with Gasteiger partial charge in [-0.2, -0.15) is 0 Å². The molecule has 4 heteroatoms. The molecule has 1 unspecified atom stereocenters. The summed E-state index contributed by atoms with van der Waals surface area (Å²) in [5.74, 6) is -0.180. The van der Waals surface area contributed by atoms with Gasteiger partial charge in [-0.15, -0.1) is 11.8 Å². The van der Waals surface area contributed by atoms with Gasteiger partial charge in [-0.05, 0) is 12.8 Å². The number of carbonyl (C=O) groups is 2. The molecule has 84 valence electrons. The molecule has 0 spiro atoms. The molecule has 15 heavy (non-hydrogen) atoms. The van der Waals surface area contributed by atoms with Crippen molar-refractivity contribution >= 4 is 23.6 Å². The van der Waals surface area contributed by atoms with E-state index in [-0.39, 0.29) is 17.1 Å². The number of rotatable bonds is 2.